The smallest absolute Gasteiger partial charge is 0.0244 e. The van der Waals surface area contributed by atoms with Crippen LogP contribution in [-0.4, -0.2) is 36.1 Å². The predicted octanol–water partition coefficient (Wildman–Crippen LogP) is 3.27. The lowest BCUT2D eigenvalue weighted by Crippen LogP contribution is -2.63. The van der Waals surface area contributed by atoms with Crippen LogP contribution in [0.15, 0.2) is 0 Å². The van der Waals surface area contributed by atoms with E-state index < -0.39 is 0 Å². The number of hydrogen-bond donors (Lipinski definition) is 1. The van der Waals surface area contributed by atoms with Crippen molar-refractivity contribution in [2.75, 3.05) is 13.1 Å². The second-order valence-corrected chi connectivity index (χ2v) is 7.70. The molecule has 4 atom stereocenters. The first-order valence-electron chi connectivity index (χ1n) is 7.88. The van der Waals surface area contributed by atoms with Crippen LogP contribution in [-0.2, 0) is 0 Å². The molecule has 1 saturated carbocycles. The molecule has 2 fully saturated rings. The van der Waals surface area contributed by atoms with Gasteiger partial charge in [-0.3, -0.25) is 4.90 Å². The van der Waals surface area contributed by atoms with E-state index in [9.17, 15) is 0 Å². The summed E-state index contributed by atoms with van der Waals surface area (Å²) in [4.78, 5) is 2.82. The number of nitrogens with zero attached hydrogens (tertiary/aromatic N) is 1. The van der Waals surface area contributed by atoms with Crippen LogP contribution >= 0.6 is 0 Å². The molecule has 2 nitrogen and oxygen atoms in total. The van der Waals surface area contributed by atoms with Crippen LogP contribution in [0.2, 0.25) is 0 Å². The van der Waals surface area contributed by atoms with E-state index in [1.807, 2.05) is 0 Å². The van der Waals surface area contributed by atoms with E-state index in [4.69, 9.17) is 0 Å². The Morgan fingerprint density at radius 2 is 1.72 bits per heavy atom. The van der Waals surface area contributed by atoms with Crippen LogP contribution in [0.1, 0.15) is 60.3 Å². The molecule has 4 unspecified atom stereocenters. The minimum atomic E-state index is 0.371. The molecule has 1 saturated heterocycles. The van der Waals surface area contributed by atoms with Gasteiger partial charge >= 0.3 is 0 Å². The van der Waals surface area contributed by atoms with Gasteiger partial charge in [0, 0.05) is 31.2 Å². The van der Waals surface area contributed by atoms with Crippen LogP contribution < -0.4 is 5.32 Å². The van der Waals surface area contributed by atoms with Gasteiger partial charge in [-0.05, 0) is 31.1 Å². The van der Waals surface area contributed by atoms with E-state index in [0.29, 0.717) is 17.5 Å². The van der Waals surface area contributed by atoms with Crippen molar-refractivity contribution in [1.82, 2.24) is 10.2 Å². The highest BCUT2D eigenvalue weighted by molar-refractivity contribution is 4.94. The summed E-state index contributed by atoms with van der Waals surface area (Å²) in [6, 6.07) is 2.18. The maximum Gasteiger partial charge on any atom is 0.0244 e. The zero-order chi connectivity index (χ0) is 13.3. The first-order chi connectivity index (χ1) is 8.39. The number of nitrogens with one attached hydrogen (secondary N) is 1. The normalized spacial score (nSPS) is 39.8. The molecule has 2 heteroatoms. The molecule has 0 radical (unpaired) electrons. The zero-order valence-corrected chi connectivity index (χ0v) is 13.0. The molecule has 1 heterocycles. The third-order valence-corrected chi connectivity index (χ3v) is 5.16. The Bertz CT molecular complexity index is 269. The van der Waals surface area contributed by atoms with E-state index in [-0.39, 0.29) is 0 Å². The first kappa shape index (κ1) is 14.3. The highest BCUT2D eigenvalue weighted by atomic mass is 15.3. The van der Waals surface area contributed by atoms with Crippen molar-refractivity contribution in [2.45, 2.75) is 78.4 Å². The molecular formula is C16H32N2. The molecule has 2 rings (SSSR count). The molecule has 18 heavy (non-hydrogen) atoms. The molecule has 1 aliphatic carbocycles. The average molecular weight is 252 g/mol. The van der Waals surface area contributed by atoms with Gasteiger partial charge in [-0.1, -0.05) is 40.5 Å². The molecule has 106 valence electrons. The third kappa shape index (κ3) is 3.08. The zero-order valence-electron chi connectivity index (χ0n) is 13.0. The topological polar surface area (TPSA) is 15.3 Å². The van der Waals surface area contributed by atoms with Gasteiger partial charge in [0.2, 0.25) is 0 Å². The van der Waals surface area contributed by atoms with Crippen LogP contribution in [0.25, 0.3) is 0 Å². The Labute approximate surface area is 114 Å². The van der Waals surface area contributed by atoms with E-state index in [1.54, 1.807) is 0 Å². The van der Waals surface area contributed by atoms with E-state index >= 15 is 0 Å². The maximum atomic E-state index is 3.75. The minimum Gasteiger partial charge on any atom is -0.311 e. The summed E-state index contributed by atoms with van der Waals surface area (Å²) >= 11 is 0. The average Bonchev–Trinajstić information content (AvgIpc) is 2.29. The second-order valence-electron chi connectivity index (χ2n) is 7.70. The van der Waals surface area contributed by atoms with Gasteiger partial charge in [-0.25, -0.2) is 0 Å². The maximum absolute atomic E-state index is 3.75. The summed E-state index contributed by atoms with van der Waals surface area (Å²) in [6.07, 6.45) is 5.73. The standard InChI is InChI=1S/C16H32N2/c1-12-8-6-7-9-14(12)18-11-15(16(3,4)5)17-10-13(18)2/h12-15,17H,6-11H2,1-5H3. The Morgan fingerprint density at radius 1 is 1.06 bits per heavy atom. The van der Waals surface area contributed by atoms with E-state index in [0.717, 1.165) is 18.5 Å². The van der Waals surface area contributed by atoms with Crippen molar-refractivity contribution in [1.29, 1.82) is 0 Å². The predicted molar refractivity (Wildman–Crippen MR) is 78.8 cm³/mol. The fraction of sp³-hybridized carbons (Fsp3) is 1.00. The lowest BCUT2D eigenvalue weighted by molar-refractivity contribution is 0.0208. The Balaban J connectivity index is 2.05. The van der Waals surface area contributed by atoms with Crippen LogP contribution in [0.3, 0.4) is 0 Å². The highest BCUT2D eigenvalue weighted by Crippen LogP contribution is 2.32. The molecule has 0 amide bonds. The fourth-order valence-corrected chi connectivity index (χ4v) is 3.72. The molecule has 0 aromatic rings. The van der Waals surface area contributed by atoms with Crippen LogP contribution in [0.5, 0.6) is 0 Å². The minimum absolute atomic E-state index is 0.371. The highest BCUT2D eigenvalue weighted by Gasteiger charge is 2.37. The molecule has 0 spiro atoms. The molecule has 0 aromatic heterocycles. The van der Waals surface area contributed by atoms with Gasteiger partial charge in [-0.15, -0.1) is 0 Å². The van der Waals surface area contributed by atoms with E-state index in [1.165, 1.54) is 32.2 Å². The number of piperazine rings is 1. The van der Waals surface area contributed by atoms with Gasteiger partial charge < -0.3 is 5.32 Å². The van der Waals surface area contributed by atoms with Gasteiger partial charge in [0.25, 0.3) is 0 Å². The molecular weight excluding hydrogens is 220 g/mol. The third-order valence-electron chi connectivity index (χ3n) is 5.16. The fourth-order valence-electron chi connectivity index (χ4n) is 3.72. The van der Waals surface area contributed by atoms with Gasteiger partial charge in [-0.2, -0.15) is 0 Å². The lowest BCUT2D eigenvalue weighted by Gasteiger charge is -2.49. The first-order valence-corrected chi connectivity index (χ1v) is 7.88. The molecule has 0 bridgehead atoms. The largest absolute Gasteiger partial charge is 0.311 e. The van der Waals surface area contributed by atoms with E-state index in [2.05, 4.69) is 44.8 Å². The summed E-state index contributed by atoms with van der Waals surface area (Å²) in [7, 11) is 0. The van der Waals surface area contributed by atoms with Gasteiger partial charge in [0.1, 0.15) is 0 Å². The van der Waals surface area contributed by atoms with Crippen molar-refractivity contribution in [2.24, 2.45) is 11.3 Å². The van der Waals surface area contributed by atoms with Crippen molar-refractivity contribution >= 4 is 0 Å². The summed E-state index contributed by atoms with van der Waals surface area (Å²) in [5, 5.41) is 3.75. The SMILES string of the molecule is CC1CCCCC1N1CC(C(C)(C)C)NCC1C. The summed E-state index contributed by atoms with van der Waals surface area (Å²) < 4.78 is 0. The van der Waals surface area contributed by atoms with Crippen molar-refractivity contribution in [3.05, 3.63) is 0 Å². The Kier molecular flexibility index (Phi) is 4.38. The second kappa shape index (κ2) is 5.50. The molecule has 1 N–H and O–H groups in total. The van der Waals surface area contributed by atoms with Crippen LogP contribution in [0, 0.1) is 11.3 Å². The number of rotatable bonds is 1. The van der Waals surface area contributed by atoms with Crippen LogP contribution in [0.4, 0.5) is 0 Å². The monoisotopic (exact) mass is 252 g/mol. The lowest BCUT2D eigenvalue weighted by atomic mass is 9.80. The van der Waals surface area contributed by atoms with Gasteiger partial charge in [0.05, 0.1) is 0 Å². The van der Waals surface area contributed by atoms with Crippen molar-refractivity contribution in [3.63, 3.8) is 0 Å². The van der Waals surface area contributed by atoms with Gasteiger partial charge in [0.15, 0.2) is 0 Å². The summed E-state index contributed by atoms with van der Waals surface area (Å²) in [6.45, 7) is 14.3. The molecule has 2 aliphatic rings. The van der Waals surface area contributed by atoms with Crippen molar-refractivity contribution < 1.29 is 0 Å². The van der Waals surface area contributed by atoms with Crippen molar-refractivity contribution in [3.8, 4) is 0 Å². The summed E-state index contributed by atoms with van der Waals surface area (Å²) in [5.74, 6) is 0.889. The quantitative estimate of drug-likeness (QED) is 0.770. The molecule has 0 aromatic carbocycles. The Morgan fingerprint density at radius 3 is 2.33 bits per heavy atom. The summed E-state index contributed by atoms with van der Waals surface area (Å²) in [5.41, 5.74) is 0.371. The number of hydrogen-bond acceptors (Lipinski definition) is 2. The Hall–Kier alpha value is -0.0800. The molecule has 1 aliphatic heterocycles.